The Morgan fingerprint density at radius 1 is 1.71 bits per heavy atom. The third kappa shape index (κ3) is 4.10. The van der Waals surface area contributed by atoms with Gasteiger partial charge in [0.2, 0.25) is 0 Å². The predicted octanol–water partition coefficient (Wildman–Crippen LogP) is 1.35. The Morgan fingerprint density at radius 2 is 2.29 bits per heavy atom. The third-order valence-corrected chi connectivity index (χ3v) is 1.25. The normalized spacial score (nSPS) is 14.1. The fourth-order valence-electron chi connectivity index (χ4n) is 0.448. The summed E-state index contributed by atoms with van der Waals surface area (Å²) in [5.74, 6) is 0.591. The molecule has 0 aromatic rings. The van der Waals surface area contributed by atoms with Crippen molar-refractivity contribution in [2.75, 3.05) is 5.88 Å². The Bertz CT molecular complexity index is 39.1. The lowest BCUT2D eigenvalue weighted by atomic mass is 10.2. The van der Waals surface area contributed by atoms with E-state index < -0.39 is 0 Å². The zero-order valence-corrected chi connectivity index (χ0v) is 5.41. The summed E-state index contributed by atoms with van der Waals surface area (Å²) in [5.41, 5.74) is 5.45. The molecule has 0 amide bonds. The van der Waals surface area contributed by atoms with Crippen LogP contribution >= 0.6 is 11.6 Å². The molecule has 0 bridgehead atoms. The molecule has 0 aromatic carbocycles. The number of halogens is 1. The van der Waals surface area contributed by atoms with Gasteiger partial charge in [-0.25, -0.2) is 0 Å². The van der Waals surface area contributed by atoms with Crippen LogP contribution in [0.4, 0.5) is 0 Å². The molecule has 1 atom stereocenters. The first-order valence-electron chi connectivity index (χ1n) is 2.62. The minimum atomic E-state index is 0.215. The van der Waals surface area contributed by atoms with Crippen molar-refractivity contribution in [3.63, 3.8) is 0 Å². The van der Waals surface area contributed by atoms with Gasteiger partial charge in [-0.15, -0.1) is 11.6 Å². The molecule has 2 N–H and O–H groups in total. The molecular formula is C5H12ClN. The lowest BCUT2D eigenvalue weighted by Crippen LogP contribution is -2.20. The van der Waals surface area contributed by atoms with Gasteiger partial charge in [-0.05, 0) is 6.42 Å². The van der Waals surface area contributed by atoms with Crippen molar-refractivity contribution in [3.05, 3.63) is 0 Å². The largest absolute Gasteiger partial charge is 0.327 e. The average molecular weight is 122 g/mol. The summed E-state index contributed by atoms with van der Waals surface area (Å²) in [4.78, 5) is 0. The van der Waals surface area contributed by atoms with Crippen LogP contribution in [0.1, 0.15) is 19.8 Å². The van der Waals surface area contributed by atoms with E-state index in [1.54, 1.807) is 0 Å². The topological polar surface area (TPSA) is 26.0 Å². The summed E-state index contributed by atoms with van der Waals surface area (Å²) in [6, 6.07) is 0.215. The summed E-state index contributed by atoms with van der Waals surface area (Å²) >= 11 is 5.41. The molecule has 1 nitrogen and oxygen atoms in total. The summed E-state index contributed by atoms with van der Waals surface area (Å²) in [7, 11) is 0. The Kier molecular flexibility index (Phi) is 4.57. The van der Waals surface area contributed by atoms with Gasteiger partial charge in [0, 0.05) is 11.9 Å². The van der Waals surface area contributed by atoms with E-state index in [9.17, 15) is 0 Å². The molecule has 0 saturated carbocycles. The van der Waals surface area contributed by atoms with Gasteiger partial charge >= 0.3 is 0 Å². The quantitative estimate of drug-likeness (QED) is 0.561. The molecule has 0 aliphatic carbocycles. The van der Waals surface area contributed by atoms with E-state index in [1.807, 2.05) is 0 Å². The molecule has 0 saturated heterocycles. The van der Waals surface area contributed by atoms with Crippen molar-refractivity contribution in [2.24, 2.45) is 5.73 Å². The first kappa shape index (κ1) is 7.25. The maximum Gasteiger partial charge on any atom is 0.0375 e. The van der Waals surface area contributed by atoms with Gasteiger partial charge in [0.1, 0.15) is 0 Å². The maximum absolute atomic E-state index is 5.45. The first-order chi connectivity index (χ1) is 3.31. The number of nitrogens with two attached hydrogens (primary N) is 1. The molecule has 0 rings (SSSR count). The minimum Gasteiger partial charge on any atom is -0.327 e. The Hall–Kier alpha value is 0.250. The van der Waals surface area contributed by atoms with Crippen LogP contribution in [0.3, 0.4) is 0 Å². The van der Waals surface area contributed by atoms with Gasteiger partial charge in [-0.2, -0.15) is 0 Å². The third-order valence-electron chi connectivity index (χ3n) is 0.858. The maximum atomic E-state index is 5.45. The fraction of sp³-hybridized carbons (Fsp3) is 1.00. The van der Waals surface area contributed by atoms with Crippen molar-refractivity contribution in [1.82, 2.24) is 0 Å². The second-order valence-corrected chi connectivity index (χ2v) is 2.01. The fourth-order valence-corrected chi connectivity index (χ4v) is 0.602. The number of hydrogen-bond donors (Lipinski definition) is 1. The van der Waals surface area contributed by atoms with Crippen LogP contribution in [0, 0.1) is 0 Å². The second-order valence-electron chi connectivity index (χ2n) is 1.70. The zero-order chi connectivity index (χ0) is 5.70. The van der Waals surface area contributed by atoms with Crippen molar-refractivity contribution < 1.29 is 0 Å². The van der Waals surface area contributed by atoms with Crippen molar-refractivity contribution in [1.29, 1.82) is 0 Å². The molecular weight excluding hydrogens is 110 g/mol. The van der Waals surface area contributed by atoms with Crippen molar-refractivity contribution in [2.45, 2.75) is 25.8 Å². The summed E-state index contributed by atoms with van der Waals surface area (Å²) in [5, 5.41) is 0. The standard InChI is InChI=1S/C5H12ClN/c1-2-3-5(7)4-6/h5H,2-4,7H2,1H3. The van der Waals surface area contributed by atoms with Gasteiger partial charge in [-0.3, -0.25) is 0 Å². The zero-order valence-electron chi connectivity index (χ0n) is 4.65. The highest BCUT2D eigenvalue weighted by molar-refractivity contribution is 6.18. The van der Waals surface area contributed by atoms with Crippen LogP contribution in [0.5, 0.6) is 0 Å². The average Bonchev–Trinajstić information content (AvgIpc) is 1.68. The summed E-state index contributed by atoms with van der Waals surface area (Å²) < 4.78 is 0. The van der Waals surface area contributed by atoms with Crippen LogP contribution in [0.2, 0.25) is 0 Å². The molecule has 0 fully saturated rings. The van der Waals surface area contributed by atoms with Crippen molar-refractivity contribution in [3.8, 4) is 0 Å². The van der Waals surface area contributed by atoms with E-state index >= 15 is 0 Å². The van der Waals surface area contributed by atoms with E-state index in [2.05, 4.69) is 6.92 Å². The summed E-state index contributed by atoms with van der Waals surface area (Å²) in [6.07, 6.45) is 2.18. The van der Waals surface area contributed by atoms with E-state index in [0.29, 0.717) is 5.88 Å². The van der Waals surface area contributed by atoms with Crippen molar-refractivity contribution >= 4 is 11.6 Å². The van der Waals surface area contributed by atoms with Crippen LogP contribution in [-0.2, 0) is 0 Å². The molecule has 0 radical (unpaired) electrons. The van der Waals surface area contributed by atoms with Gasteiger partial charge < -0.3 is 5.73 Å². The number of rotatable bonds is 3. The van der Waals surface area contributed by atoms with Gasteiger partial charge in [0.25, 0.3) is 0 Å². The lowest BCUT2D eigenvalue weighted by Gasteiger charge is -2.01. The Morgan fingerprint density at radius 3 is 2.43 bits per heavy atom. The Labute approximate surface area is 49.8 Å². The van der Waals surface area contributed by atoms with Crippen LogP contribution in [0.25, 0.3) is 0 Å². The SMILES string of the molecule is CCCC(N)CCl. The van der Waals surface area contributed by atoms with E-state index in [4.69, 9.17) is 17.3 Å². The molecule has 1 unspecified atom stereocenters. The molecule has 0 spiro atoms. The van der Waals surface area contributed by atoms with E-state index in [-0.39, 0.29) is 6.04 Å². The van der Waals surface area contributed by atoms with Crippen LogP contribution < -0.4 is 5.73 Å². The number of alkyl halides is 1. The van der Waals surface area contributed by atoms with E-state index in [0.717, 1.165) is 12.8 Å². The van der Waals surface area contributed by atoms with Crippen LogP contribution in [-0.4, -0.2) is 11.9 Å². The van der Waals surface area contributed by atoms with Gasteiger partial charge in [0.05, 0.1) is 0 Å². The molecule has 0 aliphatic heterocycles. The molecule has 7 heavy (non-hydrogen) atoms. The first-order valence-corrected chi connectivity index (χ1v) is 3.16. The lowest BCUT2D eigenvalue weighted by molar-refractivity contribution is 0.658. The van der Waals surface area contributed by atoms with E-state index in [1.165, 1.54) is 0 Å². The highest BCUT2D eigenvalue weighted by Gasteiger charge is 1.94. The molecule has 0 aromatic heterocycles. The monoisotopic (exact) mass is 121 g/mol. The van der Waals surface area contributed by atoms with Gasteiger partial charge in [-0.1, -0.05) is 13.3 Å². The molecule has 44 valence electrons. The minimum absolute atomic E-state index is 0.215. The van der Waals surface area contributed by atoms with Crippen LogP contribution in [0.15, 0.2) is 0 Å². The number of hydrogen-bond acceptors (Lipinski definition) is 1. The second kappa shape index (κ2) is 4.41. The smallest absolute Gasteiger partial charge is 0.0375 e. The highest BCUT2D eigenvalue weighted by Crippen LogP contribution is 1.93. The molecule has 0 aliphatic rings. The highest BCUT2D eigenvalue weighted by atomic mass is 35.5. The Balaban J connectivity index is 2.83. The predicted molar refractivity (Wildman–Crippen MR) is 33.6 cm³/mol. The summed E-state index contributed by atoms with van der Waals surface area (Å²) in [6.45, 7) is 2.10. The molecule has 0 heterocycles. The van der Waals surface area contributed by atoms with Gasteiger partial charge in [0.15, 0.2) is 0 Å². The molecule has 2 heteroatoms.